The highest BCUT2D eigenvalue weighted by atomic mass is 16.5. The number of nitrogens with two attached hydrogens (primary N) is 1. The van der Waals surface area contributed by atoms with E-state index >= 15 is 0 Å². The van der Waals surface area contributed by atoms with E-state index in [1.807, 2.05) is 0 Å². The fraction of sp³-hybridized carbons (Fsp3) is 0.619. The number of aryl methyl sites for hydroxylation is 1. The van der Waals surface area contributed by atoms with Crippen molar-refractivity contribution in [3.05, 3.63) is 29.2 Å². The van der Waals surface area contributed by atoms with Gasteiger partial charge in [0.05, 0.1) is 17.9 Å². The summed E-state index contributed by atoms with van der Waals surface area (Å²) in [6, 6.07) is 4.01. The monoisotopic (exact) mass is 401 g/mol. The second kappa shape index (κ2) is 9.24. The summed E-state index contributed by atoms with van der Waals surface area (Å²) >= 11 is 0. The molecule has 0 aliphatic carbocycles. The molecule has 0 bridgehead atoms. The van der Waals surface area contributed by atoms with Gasteiger partial charge >= 0.3 is 6.01 Å². The van der Waals surface area contributed by atoms with E-state index in [4.69, 9.17) is 15.0 Å². The van der Waals surface area contributed by atoms with Gasteiger partial charge in [0.25, 0.3) is 5.91 Å². The fourth-order valence-electron chi connectivity index (χ4n) is 3.71. The van der Waals surface area contributed by atoms with Crippen molar-refractivity contribution >= 4 is 11.9 Å². The Morgan fingerprint density at radius 2 is 2.00 bits per heavy atom. The summed E-state index contributed by atoms with van der Waals surface area (Å²) in [6.45, 7) is 10.6. The molecule has 1 aliphatic rings. The first-order valence-corrected chi connectivity index (χ1v) is 10.3. The number of piperidine rings is 1. The van der Waals surface area contributed by atoms with Crippen LogP contribution in [0.25, 0.3) is 0 Å². The highest BCUT2D eigenvalue weighted by Gasteiger charge is 2.26. The second-order valence-corrected chi connectivity index (χ2v) is 8.18. The van der Waals surface area contributed by atoms with E-state index in [0.717, 1.165) is 38.2 Å². The summed E-state index contributed by atoms with van der Waals surface area (Å²) in [5.74, 6) is 2.30. The molecule has 3 heterocycles. The van der Waals surface area contributed by atoms with Gasteiger partial charge in [0.1, 0.15) is 0 Å². The van der Waals surface area contributed by atoms with Crippen LogP contribution in [0.4, 0.5) is 6.01 Å². The quantitative estimate of drug-likeness (QED) is 0.723. The molecule has 0 spiro atoms. The van der Waals surface area contributed by atoms with Crippen molar-refractivity contribution in [3.8, 4) is 5.88 Å². The smallest absolute Gasteiger partial charge is 0.324 e. The molecule has 2 aromatic heterocycles. The molecule has 1 aliphatic heterocycles. The van der Waals surface area contributed by atoms with Gasteiger partial charge in [0, 0.05) is 25.1 Å². The minimum absolute atomic E-state index is 0.273. The second-order valence-electron chi connectivity index (χ2n) is 8.18. The number of amides is 1. The number of carbonyl (C=O) groups is 1. The Labute approximate surface area is 171 Å². The Morgan fingerprint density at radius 3 is 2.59 bits per heavy atom. The van der Waals surface area contributed by atoms with Crippen LogP contribution < -0.4 is 15.4 Å². The molecule has 29 heavy (non-hydrogen) atoms. The van der Waals surface area contributed by atoms with E-state index in [1.54, 1.807) is 19.1 Å². The van der Waals surface area contributed by atoms with E-state index in [1.165, 1.54) is 0 Å². The molecule has 0 aromatic carbocycles. The van der Waals surface area contributed by atoms with Gasteiger partial charge in [0.2, 0.25) is 5.88 Å². The molecule has 2 aromatic rings. The molecule has 8 heteroatoms. The molecule has 8 nitrogen and oxygen atoms in total. The van der Waals surface area contributed by atoms with Crippen LogP contribution in [0.3, 0.4) is 0 Å². The van der Waals surface area contributed by atoms with Gasteiger partial charge < -0.3 is 19.9 Å². The van der Waals surface area contributed by atoms with E-state index in [9.17, 15) is 4.79 Å². The third kappa shape index (κ3) is 5.25. The number of primary amides is 1. The van der Waals surface area contributed by atoms with Crippen LogP contribution in [-0.2, 0) is 0 Å². The molecule has 0 radical (unpaired) electrons. The van der Waals surface area contributed by atoms with Gasteiger partial charge in [-0.05, 0) is 44.1 Å². The predicted molar refractivity (Wildman–Crippen MR) is 110 cm³/mol. The van der Waals surface area contributed by atoms with E-state index < -0.39 is 5.91 Å². The van der Waals surface area contributed by atoms with Gasteiger partial charge in [0.15, 0.2) is 5.82 Å². The number of carbonyl (C=O) groups excluding carboxylic acids is 1. The summed E-state index contributed by atoms with van der Waals surface area (Å²) in [7, 11) is 0. The zero-order valence-corrected chi connectivity index (χ0v) is 17.7. The maximum absolute atomic E-state index is 11.3. The fourth-order valence-corrected chi connectivity index (χ4v) is 3.71. The van der Waals surface area contributed by atoms with Crippen LogP contribution in [0.5, 0.6) is 5.88 Å². The lowest BCUT2D eigenvalue weighted by atomic mass is 9.84. The van der Waals surface area contributed by atoms with Gasteiger partial charge in [-0.2, -0.15) is 4.98 Å². The van der Waals surface area contributed by atoms with E-state index in [0.29, 0.717) is 41.6 Å². The van der Waals surface area contributed by atoms with Gasteiger partial charge in [-0.3, -0.25) is 4.79 Å². The minimum Gasteiger partial charge on any atom is -0.478 e. The van der Waals surface area contributed by atoms with Crippen molar-refractivity contribution in [3.63, 3.8) is 0 Å². The van der Waals surface area contributed by atoms with Crippen molar-refractivity contribution in [1.82, 2.24) is 15.1 Å². The molecule has 158 valence electrons. The molecule has 2 N–H and O–H groups in total. The average Bonchev–Trinajstić information content (AvgIpc) is 3.18. The number of hydrogen-bond donors (Lipinski definition) is 1. The predicted octanol–water partition coefficient (Wildman–Crippen LogP) is 3.32. The number of anilines is 1. The lowest BCUT2D eigenvalue weighted by Gasteiger charge is -2.33. The lowest BCUT2D eigenvalue weighted by Crippen LogP contribution is -2.36. The maximum Gasteiger partial charge on any atom is 0.324 e. The van der Waals surface area contributed by atoms with Crippen molar-refractivity contribution in [2.24, 2.45) is 17.6 Å². The zero-order chi connectivity index (χ0) is 21.0. The Hall–Kier alpha value is -2.64. The molecule has 0 saturated carbocycles. The lowest BCUT2D eigenvalue weighted by molar-refractivity contribution is 0.0999. The van der Waals surface area contributed by atoms with Crippen molar-refractivity contribution < 1.29 is 14.1 Å². The van der Waals surface area contributed by atoms with E-state index in [2.05, 4.69) is 40.8 Å². The average molecular weight is 402 g/mol. The number of aromatic nitrogens is 3. The normalized spacial score (nSPS) is 16.2. The molecule has 1 fully saturated rings. The summed E-state index contributed by atoms with van der Waals surface area (Å²) in [5, 5.41) is 4.06. The number of rotatable bonds is 8. The Bertz CT molecular complexity index is 827. The number of pyridine rings is 1. The summed E-state index contributed by atoms with van der Waals surface area (Å²) in [4.78, 5) is 22.3. The third-order valence-electron chi connectivity index (χ3n) is 5.71. The minimum atomic E-state index is -0.470. The highest BCUT2D eigenvalue weighted by Crippen LogP contribution is 2.29. The Kier molecular flexibility index (Phi) is 6.71. The largest absolute Gasteiger partial charge is 0.478 e. The van der Waals surface area contributed by atoms with Crippen LogP contribution in [0, 0.1) is 18.8 Å². The molecule has 1 atom stereocenters. The van der Waals surface area contributed by atoms with Crippen LogP contribution in [-0.4, -0.2) is 40.7 Å². The molecular formula is C21H31N5O3. The number of nitrogens with zero attached hydrogens (tertiary/aromatic N) is 4. The SMILES string of the molecule is Cc1nc(OCC[C@@H](C)C2CCN(c3nc(C(C)C)no3)CC2)ccc1C(N)=O. The molecule has 1 saturated heterocycles. The molecule has 3 rings (SSSR count). The van der Waals surface area contributed by atoms with Crippen LogP contribution in [0.1, 0.15) is 67.8 Å². The molecule has 0 unspecified atom stereocenters. The number of hydrogen-bond acceptors (Lipinski definition) is 7. The van der Waals surface area contributed by atoms with Crippen LogP contribution in [0.15, 0.2) is 16.7 Å². The van der Waals surface area contributed by atoms with Crippen LogP contribution >= 0.6 is 0 Å². The Morgan fingerprint density at radius 1 is 1.28 bits per heavy atom. The first-order valence-electron chi connectivity index (χ1n) is 10.3. The van der Waals surface area contributed by atoms with E-state index in [-0.39, 0.29) is 5.92 Å². The summed E-state index contributed by atoms with van der Waals surface area (Å²) in [5.41, 5.74) is 6.34. The zero-order valence-electron chi connectivity index (χ0n) is 17.7. The van der Waals surface area contributed by atoms with Crippen molar-refractivity contribution in [2.75, 3.05) is 24.6 Å². The van der Waals surface area contributed by atoms with Crippen molar-refractivity contribution in [1.29, 1.82) is 0 Å². The first-order chi connectivity index (χ1) is 13.8. The summed E-state index contributed by atoms with van der Waals surface area (Å²) in [6.07, 6.45) is 3.16. The number of ether oxygens (including phenoxy) is 1. The van der Waals surface area contributed by atoms with Crippen molar-refractivity contribution in [2.45, 2.75) is 52.9 Å². The van der Waals surface area contributed by atoms with Crippen LogP contribution in [0.2, 0.25) is 0 Å². The first kappa shape index (κ1) is 21.1. The third-order valence-corrected chi connectivity index (χ3v) is 5.71. The molecular weight excluding hydrogens is 370 g/mol. The van der Waals surface area contributed by atoms with Gasteiger partial charge in [-0.1, -0.05) is 25.9 Å². The Balaban J connectivity index is 1.43. The summed E-state index contributed by atoms with van der Waals surface area (Å²) < 4.78 is 11.2. The topological polar surface area (TPSA) is 107 Å². The van der Waals surface area contributed by atoms with Gasteiger partial charge in [-0.15, -0.1) is 0 Å². The van der Waals surface area contributed by atoms with Gasteiger partial charge in [-0.25, -0.2) is 4.98 Å². The standard InChI is InChI=1S/C21H31N5O3/c1-13(2)20-24-21(29-25-20)26-10-7-16(8-11-26)14(3)9-12-28-18-6-5-17(19(22)27)15(4)23-18/h5-6,13-14,16H,7-12H2,1-4H3,(H2,22,27)/t14-/m1/s1. The molecule has 1 amide bonds. The maximum atomic E-state index is 11.3. The highest BCUT2D eigenvalue weighted by molar-refractivity contribution is 5.93.